The Balaban J connectivity index is 2.28. The second-order valence-corrected chi connectivity index (χ2v) is 5.08. The largest absolute Gasteiger partial charge is 0.384 e. The lowest BCUT2D eigenvalue weighted by Crippen LogP contribution is -2.35. The quantitative estimate of drug-likeness (QED) is 0.741. The Morgan fingerprint density at radius 3 is 2.26 bits per heavy atom. The van der Waals surface area contributed by atoms with Crippen LogP contribution in [-0.4, -0.2) is 56.6 Å². The van der Waals surface area contributed by atoms with E-state index in [-0.39, 0.29) is 5.82 Å². The number of nitrogens with zero attached hydrogens (tertiary/aromatic N) is 2. The van der Waals surface area contributed by atoms with Crippen LogP contribution in [0.2, 0.25) is 0 Å². The van der Waals surface area contributed by atoms with Crippen molar-refractivity contribution in [2.45, 2.75) is 13.3 Å². The standard InChI is InChI=1S/C15H26FN3/c1-4-10-19(13-12-18(2)3)11-9-17-15-7-5-14(16)6-8-15/h5-8,17H,4,9-13H2,1-3H3. The van der Waals surface area contributed by atoms with Crippen molar-refractivity contribution in [1.29, 1.82) is 0 Å². The van der Waals surface area contributed by atoms with Crippen LogP contribution >= 0.6 is 0 Å². The fourth-order valence-corrected chi connectivity index (χ4v) is 1.92. The lowest BCUT2D eigenvalue weighted by Gasteiger charge is -2.23. The zero-order valence-electron chi connectivity index (χ0n) is 12.3. The predicted octanol–water partition coefficient (Wildman–Crippen LogP) is 2.51. The van der Waals surface area contributed by atoms with E-state index in [2.05, 4.69) is 36.1 Å². The summed E-state index contributed by atoms with van der Waals surface area (Å²) < 4.78 is 12.8. The maximum atomic E-state index is 12.8. The van der Waals surface area contributed by atoms with Gasteiger partial charge in [0.15, 0.2) is 0 Å². The van der Waals surface area contributed by atoms with Crippen LogP contribution in [0.15, 0.2) is 24.3 Å². The molecule has 19 heavy (non-hydrogen) atoms. The highest BCUT2D eigenvalue weighted by atomic mass is 19.1. The minimum absolute atomic E-state index is 0.191. The van der Waals surface area contributed by atoms with Crippen LogP contribution in [0.3, 0.4) is 0 Å². The Morgan fingerprint density at radius 2 is 1.68 bits per heavy atom. The highest BCUT2D eigenvalue weighted by Crippen LogP contribution is 2.07. The van der Waals surface area contributed by atoms with Gasteiger partial charge in [-0.1, -0.05) is 6.92 Å². The molecular weight excluding hydrogens is 241 g/mol. The summed E-state index contributed by atoms with van der Waals surface area (Å²) in [6, 6.07) is 6.52. The third-order valence-electron chi connectivity index (χ3n) is 3.00. The van der Waals surface area contributed by atoms with Gasteiger partial charge in [0.05, 0.1) is 0 Å². The maximum Gasteiger partial charge on any atom is 0.123 e. The number of halogens is 1. The average Bonchev–Trinajstić information content (AvgIpc) is 2.38. The van der Waals surface area contributed by atoms with Gasteiger partial charge in [-0.05, 0) is 51.3 Å². The molecule has 0 amide bonds. The molecule has 0 bridgehead atoms. The van der Waals surface area contributed by atoms with Gasteiger partial charge < -0.3 is 15.1 Å². The summed E-state index contributed by atoms with van der Waals surface area (Å²) in [7, 11) is 4.20. The van der Waals surface area contributed by atoms with Crippen LogP contribution in [0.4, 0.5) is 10.1 Å². The SMILES string of the molecule is CCCN(CCNc1ccc(F)cc1)CCN(C)C. The number of rotatable bonds is 9. The monoisotopic (exact) mass is 267 g/mol. The van der Waals surface area contributed by atoms with Gasteiger partial charge in [-0.25, -0.2) is 4.39 Å². The zero-order chi connectivity index (χ0) is 14.1. The molecule has 0 spiro atoms. The molecule has 0 radical (unpaired) electrons. The highest BCUT2D eigenvalue weighted by Gasteiger charge is 2.04. The van der Waals surface area contributed by atoms with E-state index < -0.39 is 0 Å². The van der Waals surface area contributed by atoms with Gasteiger partial charge in [-0.15, -0.1) is 0 Å². The van der Waals surface area contributed by atoms with E-state index in [0.717, 1.165) is 38.4 Å². The number of hydrogen-bond acceptors (Lipinski definition) is 3. The maximum absolute atomic E-state index is 12.8. The second kappa shape index (κ2) is 8.88. The minimum Gasteiger partial charge on any atom is -0.384 e. The van der Waals surface area contributed by atoms with Crippen molar-refractivity contribution in [3.05, 3.63) is 30.1 Å². The number of anilines is 1. The number of likely N-dealkylation sites (N-methyl/N-ethyl adjacent to an activating group) is 1. The normalized spacial score (nSPS) is 11.3. The molecule has 1 aromatic carbocycles. The van der Waals surface area contributed by atoms with Gasteiger partial charge in [0.2, 0.25) is 0 Å². The van der Waals surface area contributed by atoms with Crippen molar-refractivity contribution in [3.8, 4) is 0 Å². The van der Waals surface area contributed by atoms with E-state index in [4.69, 9.17) is 0 Å². The Kier molecular flexibility index (Phi) is 7.45. The van der Waals surface area contributed by atoms with Crippen molar-refractivity contribution < 1.29 is 4.39 Å². The van der Waals surface area contributed by atoms with Gasteiger partial charge >= 0.3 is 0 Å². The summed E-state index contributed by atoms with van der Waals surface area (Å²) >= 11 is 0. The molecule has 0 aliphatic heterocycles. The molecule has 1 N–H and O–H groups in total. The Labute approximate surface area is 116 Å². The molecule has 0 heterocycles. The van der Waals surface area contributed by atoms with Crippen molar-refractivity contribution in [2.75, 3.05) is 52.1 Å². The summed E-state index contributed by atoms with van der Waals surface area (Å²) in [5.41, 5.74) is 0.977. The number of hydrogen-bond donors (Lipinski definition) is 1. The third-order valence-corrected chi connectivity index (χ3v) is 3.00. The van der Waals surface area contributed by atoms with Crippen molar-refractivity contribution in [1.82, 2.24) is 9.80 Å². The molecule has 0 atom stereocenters. The van der Waals surface area contributed by atoms with Gasteiger partial charge in [-0.2, -0.15) is 0 Å². The van der Waals surface area contributed by atoms with E-state index >= 15 is 0 Å². The summed E-state index contributed by atoms with van der Waals surface area (Å²) in [6.07, 6.45) is 1.17. The topological polar surface area (TPSA) is 18.5 Å². The summed E-state index contributed by atoms with van der Waals surface area (Å²) in [4.78, 5) is 4.66. The molecule has 0 saturated carbocycles. The summed E-state index contributed by atoms with van der Waals surface area (Å²) in [5, 5.41) is 3.33. The van der Waals surface area contributed by atoms with Crippen LogP contribution in [-0.2, 0) is 0 Å². The van der Waals surface area contributed by atoms with Crippen LogP contribution in [0.5, 0.6) is 0 Å². The fourth-order valence-electron chi connectivity index (χ4n) is 1.92. The molecule has 0 aromatic heterocycles. The van der Waals surface area contributed by atoms with Gasteiger partial charge in [-0.3, -0.25) is 0 Å². The van der Waals surface area contributed by atoms with Gasteiger partial charge in [0.1, 0.15) is 5.82 Å². The zero-order valence-corrected chi connectivity index (χ0v) is 12.3. The lowest BCUT2D eigenvalue weighted by atomic mass is 10.3. The first kappa shape index (κ1) is 15.9. The van der Waals surface area contributed by atoms with Gasteiger partial charge in [0.25, 0.3) is 0 Å². The number of nitrogens with one attached hydrogen (secondary N) is 1. The second-order valence-electron chi connectivity index (χ2n) is 5.08. The summed E-state index contributed by atoms with van der Waals surface area (Å²) in [5.74, 6) is -0.191. The first-order valence-corrected chi connectivity index (χ1v) is 6.98. The molecule has 0 aliphatic rings. The van der Waals surface area contributed by atoms with E-state index in [0.29, 0.717) is 0 Å². The molecular formula is C15H26FN3. The molecule has 3 nitrogen and oxygen atoms in total. The van der Waals surface area contributed by atoms with Crippen LogP contribution in [0, 0.1) is 5.82 Å². The Morgan fingerprint density at radius 1 is 1.00 bits per heavy atom. The first-order valence-electron chi connectivity index (χ1n) is 6.98. The minimum atomic E-state index is -0.191. The Bertz CT molecular complexity index is 338. The van der Waals surface area contributed by atoms with Crippen LogP contribution in [0.25, 0.3) is 0 Å². The first-order chi connectivity index (χ1) is 9.11. The lowest BCUT2D eigenvalue weighted by molar-refractivity contribution is 0.248. The number of benzene rings is 1. The molecule has 108 valence electrons. The molecule has 0 aliphatic carbocycles. The van der Waals surface area contributed by atoms with E-state index in [1.807, 2.05) is 0 Å². The highest BCUT2D eigenvalue weighted by molar-refractivity contribution is 5.42. The Hall–Kier alpha value is -1.13. The van der Waals surface area contributed by atoms with Crippen molar-refractivity contribution >= 4 is 5.69 Å². The average molecular weight is 267 g/mol. The molecule has 0 fully saturated rings. The third kappa shape index (κ3) is 7.13. The smallest absolute Gasteiger partial charge is 0.123 e. The van der Waals surface area contributed by atoms with E-state index in [1.54, 1.807) is 12.1 Å². The van der Waals surface area contributed by atoms with Crippen LogP contribution in [0.1, 0.15) is 13.3 Å². The predicted molar refractivity (Wildman–Crippen MR) is 80.2 cm³/mol. The molecule has 0 saturated heterocycles. The van der Waals surface area contributed by atoms with Crippen molar-refractivity contribution in [3.63, 3.8) is 0 Å². The van der Waals surface area contributed by atoms with E-state index in [1.165, 1.54) is 18.6 Å². The fraction of sp³-hybridized carbons (Fsp3) is 0.600. The van der Waals surface area contributed by atoms with Crippen molar-refractivity contribution in [2.24, 2.45) is 0 Å². The molecule has 0 unspecified atom stereocenters. The molecule has 1 aromatic rings. The van der Waals surface area contributed by atoms with Gasteiger partial charge in [0, 0.05) is 31.9 Å². The van der Waals surface area contributed by atoms with E-state index in [9.17, 15) is 4.39 Å². The summed E-state index contributed by atoms with van der Waals surface area (Å²) in [6.45, 7) is 7.40. The molecule has 1 rings (SSSR count). The van der Waals surface area contributed by atoms with Crippen LogP contribution < -0.4 is 5.32 Å². The molecule has 4 heteroatoms.